The van der Waals surface area contributed by atoms with Crippen molar-refractivity contribution in [1.82, 2.24) is 0 Å². The first kappa shape index (κ1) is 35.8. The molecule has 2 aliphatic carbocycles. The average Bonchev–Trinajstić information content (AvgIpc) is 3.65. The molecule has 0 radical (unpaired) electrons. The number of halogens is 2. The van der Waals surface area contributed by atoms with Gasteiger partial charge in [-0.2, -0.15) is 0 Å². The number of allylic oxidation sites excluding steroid dienone is 2. The molecule has 0 amide bonds. The van der Waals surface area contributed by atoms with E-state index in [1.54, 1.807) is 0 Å². The van der Waals surface area contributed by atoms with Crippen LogP contribution in [0.2, 0.25) is 13.1 Å². The van der Waals surface area contributed by atoms with Gasteiger partial charge in [-0.15, -0.1) is 0 Å². The summed E-state index contributed by atoms with van der Waals surface area (Å²) in [5.41, 5.74) is 19.2. The summed E-state index contributed by atoms with van der Waals surface area (Å²) in [6.45, 7) is 18.6. The fraction of sp³-hybridized carbons (Fsp3) is 0.364. The molecule has 6 rings (SSSR count). The number of unbranched alkanes of at least 4 members (excludes halogenated alkanes) is 2. The van der Waals surface area contributed by atoms with Crippen molar-refractivity contribution in [2.45, 2.75) is 101 Å². The van der Waals surface area contributed by atoms with Crippen LogP contribution in [-0.4, -0.2) is 5.98 Å². The van der Waals surface area contributed by atoms with Crippen molar-refractivity contribution < 1.29 is 15.3 Å². The van der Waals surface area contributed by atoms with Crippen LogP contribution in [0.15, 0.2) is 83.9 Å². The zero-order valence-electron chi connectivity index (χ0n) is 30.3. The molecule has 0 heterocycles. The predicted octanol–water partition coefficient (Wildman–Crippen LogP) is 14.2. The second-order valence-electron chi connectivity index (χ2n) is 15.0. The van der Waals surface area contributed by atoms with E-state index >= 15 is 0 Å². The third-order valence-corrected chi connectivity index (χ3v) is 84.8. The molecule has 4 aromatic carbocycles. The van der Waals surface area contributed by atoms with E-state index in [9.17, 15) is 0 Å². The SMILES string of the molecule is CCCCC1=Cc2c(-c3cccc(C)c3C)cccc2[CH]1[Hf]([Cl])([Cl])([CH]1C(CCCC)=Cc2c(-c3cccc(C)c3C)cccc21)[SiH](C)C. The number of benzene rings is 4. The Balaban J connectivity index is 1.62. The van der Waals surface area contributed by atoms with Gasteiger partial charge in [-0.1, -0.05) is 0 Å². The van der Waals surface area contributed by atoms with E-state index in [1.165, 1.54) is 77.9 Å². The van der Waals surface area contributed by atoms with E-state index in [0.29, 0.717) is 0 Å². The Bertz CT molecular complexity index is 1800. The van der Waals surface area contributed by atoms with E-state index in [4.69, 9.17) is 17.2 Å². The summed E-state index contributed by atoms with van der Waals surface area (Å²) in [4.78, 5) is 0. The van der Waals surface area contributed by atoms with E-state index < -0.39 is 21.3 Å². The molecule has 0 aliphatic heterocycles. The third-order valence-electron chi connectivity index (χ3n) is 11.9. The molecule has 0 nitrogen and oxygen atoms in total. The fourth-order valence-electron chi connectivity index (χ4n) is 8.81. The van der Waals surface area contributed by atoms with Crippen LogP contribution < -0.4 is 0 Å². The Morgan fingerprint density at radius 2 is 0.938 bits per heavy atom. The Kier molecular flexibility index (Phi) is 10.4. The second-order valence-corrected chi connectivity index (χ2v) is 74.3. The Morgan fingerprint density at radius 1 is 0.562 bits per heavy atom. The fourth-order valence-corrected chi connectivity index (χ4v) is 53.4. The van der Waals surface area contributed by atoms with Crippen LogP contribution in [0, 0.1) is 27.7 Å². The molecule has 0 saturated heterocycles. The first-order chi connectivity index (χ1) is 22.9. The maximum absolute atomic E-state index is 8.82. The molecule has 4 heteroatoms. The molecule has 251 valence electrons. The third kappa shape index (κ3) is 5.85. The molecule has 0 bridgehead atoms. The van der Waals surface area contributed by atoms with Gasteiger partial charge in [0.1, 0.15) is 0 Å². The molecule has 48 heavy (non-hydrogen) atoms. The van der Waals surface area contributed by atoms with E-state index in [-0.39, 0.29) is 7.35 Å². The number of rotatable bonds is 11. The molecule has 0 spiro atoms. The van der Waals surface area contributed by atoms with Crippen LogP contribution in [0.25, 0.3) is 34.4 Å². The van der Waals surface area contributed by atoms with Crippen molar-refractivity contribution in [2.75, 3.05) is 0 Å². The normalized spacial score (nSPS) is 17.9. The molecule has 0 fully saturated rings. The van der Waals surface area contributed by atoms with Crippen LogP contribution in [0.1, 0.15) is 104 Å². The van der Waals surface area contributed by atoms with Gasteiger partial charge in [-0.05, 0) is 0 Å². The summed E-state index contributed by atoms with van der Waals surface area (Å²) >= 11 is -5.02. The van der Waals surface area contributed by atoms with Crippen LogP contribution in [0.3, 0.4) is 0 Å². The van der Waals surface area contributed by atoms with Crippen LogP contribution >= 0.6 is 17.2 Å². The van der Waals surface area contributed by atoms with Gasteiger partial charge >= 0.3 is 302 Å². The molecule has 2 atom stereocenters. The molecular weight excluding hydrogens is 806 g/mol. The van der Waals surface area contributed by atoms with Crippen LogP contribution in [0.5, 0.6) is 0 Å². The van der Waals surface area contributed by atoms with Crippen molar-refractivity contribution in [1.29, 1.82) is 0 Å². The van der Waals surface area contributed by atoms with Gasteiger partial charge in [0, 0.05) is 0 Å². The van der Waals surface area contributed by atoms with E-state index in [2.05, 4.69) is 140 Å². The Hall–Kier alpha value is -1.97. The topological polar surface area (TPSA) is 0 Å². The summed E-state index contributed by atoms with van der Waals surface area (Å²) in [6, 6.07) is 27.4. The van der Waals surface area contributed by atoms with Gasteiger partial charge in [0.25, 0.3) is 0 Å². The minimum atomic E-state index is -5.02. The number of fused-ring (bicyclic) bond motifs is 2. The first-order valence-electron chi connectivity index (χ1n) is 18.3. The average molecular weight is 859 g/mol. The van der Waals surface area contributed by atoms with E-state index in [0.717, 1.165) is 38.5 Å². The van der Waals surface area contributed by atoms with Gasteiger partial charge in [0.05, 0.1) is 0 Å². The molecule has 0 N–H and O–H groups in total. The summed E-state index contributed by atoms with van der Waals surface area (Å²) in [7, 11) is 17.6. The van der Waals surface area contributed by atoms with Gasteiger partial charge in [-0.3, -0.25) is 0 Å². The van der Waals surface area contributed by atoms with Crippen molar-refractivity contribution in [3.8, 4) is 22.3 Å². The Morgan fingerprint density at radius 3 is 1.31 bits per heavy atom. The Labute approximate surface area is 299 Å². The zero-order valence-corrected chi connectivity index (χ0v) is 36.6. The molecular formula is C44H53Cl2HfSi. The van der Waals surface area contributed by atoms with Gasteiger partial charge < -0.3 is 0 Å². The molecule has 2 unspecified atom stereocenters. The predicted molar refractivity (Wildman–Crippen MR) is 214 cm³/mol. The summed E-state index contributed by atoms with van der Waals surface area (Å²) in [6.07, 6.45) is 11.8. The summed E-state index contributed by atoms with van der Waals surface area (Å²) < 4.78 is 0.267. The maximum atomic E-state index is 8.82. The first-order valence-corrected chi connectivity index (χ1v) is 40.5. The second kappa shape index (κ2) is 14.0. The van der Waals surface area contributed by atoms with Crippen molar-refractivity contribution >= 4 is 35.3 Å². The van der Waals surface area contributed by atoms with Crippen molar-refractivity contribution in [3.63, 3.8) is 0 Å². The van der Waals surface area contributed by atoms with Crippen molar-refractivity contribution in [3.05, 3.63) is 128 Å². The van der Waals surface area contributed by atoms with Gasteiger partial charge in [0.2, 0.25) is 0 Å². The van der Waals surface area contributed by atoms with Gasteiger partial charge in [0.15, 0.2) is 0 Å². The standard InChI is InChI=1S/2C21H23.C2H7Si.2ClH.Hf/c2*1-4-5-9-17-13-18-10-7-12-20(21(18)14-17)19-11-6-8-15(2)16(19)3;1-3-2;;;/h2*6-8,10-14H,4-5,9H2,1-3H3;3H,1-2H3;2*1H;/q;;;;;+2/p-2. The molecule has 4 aromatic rings. The molecule has 2 aliphatic rings. The number of hydrogen-bond donors (Lipinski definition) is 0. The summed E-state index contributed by atoms with van der Waals surface area (Å²) in [5, 5.41) is 0. The van der Waals surface area contributed by atoms with E-state index in [1.807, 2.05) is 0 Å². The zero-order chi connectivity index (χ0) is 34.4. The van der Waals surface area contributed by atoms with Crippen LogP contribution in [0.4, 0.5) is 0 Å². The summed E-state index contributed by atoms with van der Waals surface area (Å²) in [5.74, 6) is -1.63. The van der Waals surface area contributed by atoms with Crippen molar-refractivity contribution in [2.24, 2.45) is 0 Å². The van der Waals surface area contributed by atoms with Gasteiger partial charge in [-0.25, -0.2) is 0 Å². The molecule has 0 saturated carbocycles. The number of aryl methyl sites for hydroxylation is 2. The monoisotopic (exact) mass is 859 g/mol. The minimum absolute atomic E-state index is 0.133. The molecule has 0 aromatic heterocycles. The number of hydrogen-bond acceptors (Lipinski definition) is 0. The quantitative estimate of drug-likeness (QED) is 0.132. The van der Waals surface area contributed by atoms with Crippen LogP contribution in [-0.2, 0) is 15.3 Å².